The summed E-state index contributed by atoms with van der Waals surface area (Å²) in [5.41, 5.74) is 1.82. The van der Waals surface area contributed by atoms with Crippen LogP contribution in [0.1, 0.15) is 36.5 Å². The molecule has 3 nitrogen and oxygen atoms in total. The van der Waals surface area contributed by atoms with Crippen LogP contribution in [0.2, 0.25) is 0 Å². The molecule has 1 heterocycles. The second kappa shape index (κ2) is 6.17. The summed E-state index contributed by atoms with van der Waals surface area (Å²) in [6, 6.07) is 16.5. The third-order valence-corrected chi connectivity index (χ3v) is 4.70. The summed E-state index contributed by atoms with van der Waals surface area (Å²) in [5, 5.41) is 0. The number of fused-ring (bicyclic) bond motifs is 1. The van der Waals surface area contributed by atoms with Gasteiger partial charge in [0.2, 0.25) is 0 Å². The van der Waals surface area contributed by atoms with Crippen LogP contribution in [0, 0.1) is 0 Å². The number of benzene rings is 2. The summed E-state index contributed by atoms with van der Waals surface area (Å²) in [5.74, 6) is -0.650. The van der Waals surface area contributed by atoms with Gasteiger partial charge in [-0.1, -0.05) is 61.7 Å². The Hall–Kier alpha value is -2.13. The number of rotatable bonds is 4. The number of nitrogens with zero attached hydrogens (tertiary/aromatic N) is 1. The van der Waals surface area contributed by atoms with Crippen LogP contribution in [-0.2, 0) is 4.79 Å². The van der Waals surface area contributed by atoms with Crippen LogP contribution in [0.15, 0.2) is 54.6 Å². The Morgan fingerprint density at radius 2 is 1.65 bits per heavy atom. The van der Waals surface area contributed by atoms with Gasteiger partial charge in [0.15, 0.2) is 10.7 Å². The van der Waals surface area contributed by atoms with Gasteiger partial charge in [-0.3, -0.25) is 14.5 Å². The van der Waals surface area contributed by atoms with Crippen LogP contribution in [0.4, 0.5) is 11.4 Å². The molecule has 0 radical (unpaired) electrons. The third kappa shape index (κ3) is 2.55. The van der Waals surface area contributed by atoms with Gasteiger partial charge in [-0.15, -0.1) is 0 Å². The molecule has 1 aliphatic heterocycles. The molecular weight excluding hydrogens is 310 g/mol. The molecule has 0 aromatic heterocycles. The van der Waals surface area contributed by atoms with Crippen molar-refractivity contribution < 1.29 is 9.59 Å². The molecule has 0 saturated heterocycles. The minimum Gasteiger partial charge on any atom is -0.291 e. The Kier molecular flexibility index (Phi) is 4.22. The van der Waals surface area contributed by atoms with Crippen molar-refractivity contribution in [2.45, 2.75) is 31.1 Å². The molecule has 1 amide bonds. The van der Waals surface area contributed by atoms with E-state index in [4.69, 9.17) is 11.6 Å². The lowest BCUT2D eigenvalue weighted by atomic mass is 9.85. The van der Waals surface area contributed by atoms with E-state index in [1.807, 2.05) is 43.3 Å². The molecule has 0 N–H and O–H groups in total. The van der Waals surface area contributed by atoms with Crippen LogP contribution < -0.4 is 4.90 Å². The number of Topliss-reactive ketones (excluding diaryl/α,β-unsaturated/α-hetero) is 1. The van der Waals surface area contributed by atoms with Crippen molar-refractivity contribution in [3.63, 3.8) is 0 Å². The van der Waals surface area contributed by atoms with Crippen LogP contribution in [0.5, 0.6) is 0 Å². The number of para-hydroxylation sites is 2. The van der Waals surface area contributed by atoms with Gasteiger partial charge in [-0.05, 0) is 30.7 Å². The molecule has 0 unspecified atom stereocenters. The molecule has 118 valence electrons. The van der Waals surface area contributed by atoms with E-state index in [-0.39, 0.29) is 11.7 Å². The first-order chi connectivity index (χ1) is 11.1. The summed E-state index contributed by atoms with van der Waals surface area (Å²) in [7, 11) is 0. The molecule has 4 heteroatoms. The summed E-state index contributed by atoms with van der Waals surface area (Å²) < 4.78 is 0. The lowest BCUT2D eigenvalue weighted by Crippen LogP contribution is -2.53. The number of hydrogen-bond acceptors (Lipinski definition) is 2. The Balaban J connectivity index is 2.17. The number of halogens is 1. The lowest BCUT2D eigenvalue weighted by molar-refractivity contribution is -0.119. The van der Waals surface area contributed by atoms with E-state index in [9.17, 15) is 9.59 Å². The first-order valence-electron chi connectivity index (χ1n) is 7.82. The number of hydrogen-bond donors (Lipinski definition) is 0. The number of alkyl halides is 1. The summed E-state index contributed by atoms with van der Waals surface area (Å²) in [6.45, 7) is 2.01. The van der Waals surface area contributed by atoms with Gasteiger partial charge < -0.3 is 0 Å². The summed E-state index contributed by atoms with van der Waals surface area (Å²) >= 11 is 6.59. The number of carbonyl (C=O) groups is 2. The van der Waals surface area contributed by atoms with Crippen LogP contribution >= 0.6 is 11.6 Å². The standard InChI is InChI=1S/C19H18ClNO2/c1-2-3-13-19(20)17(22)15-11-7-8-12-16(15)21(18(19)23)14-9-5-4-6-10-14/h4-12H,2-3,13H2,1H3/t19-/m0/s1. The molecule has 1 atom stereocenters. The van der Waals surface area contributed by atoms with E-state index in [0.29, 0.717) is 17.7 Å². The number of anilines is 2. The average Bonchev–Trinajstić information content (AvgIpc) is 2.59. The van der Waals surface area contributed by atoms with Gasteiger partial charge in [-0.25, -0.2) is 0 Å². The lowest BCUT2D eigenvalue weighted by Gasteiger charge is -2.37. The highest BCUT2D eigenvalue weighted by Crippen LogP contribution is 2.42. The molecule has 0 aliphatic carbocycles. The first-order valence-corrected chi connectivity index (χ1v) is 8.19. The van der Waals surface area contributed by atoms with Gasteiger partial charge in [0.25, 0.3) is 5.91 Å². The van der Waals surface area contributed by atoms with Crippen LogP contribution in [0.3, 0.4) is 0 Å². The molecule has 0 saturated carbocycles. The van der Waals surface area contributed by atoms with E-state index in [1.54, 1.807) is 23.1 Å². The maximum atomic E-state index is 13.1. The fourth-order valence-corrected chi connectivity index (χ4v) is 3.25. The number of amides is 1. The fraction of sp³-hybridized carbons (Fsp3) is 0.263. The van der Waals surface area contributed by atoms with Gasteiger partial charge in [-0.2, -0.15) is 0 Å². The van der Waals surface area contributed by atoms with Crippen molar-refractivity contribution in [3.8, 4) is 0 Å². The molecule has 0 bridgehead atoms. The second-order valence-corrected chi connectivity index (χ2v) is 6.37. The van der Waals surface area contributed by atoms with Crippen molar-refractivity contribution >= 4 is 34.7 Å². The zero-order valence-electron chi connectivity index (χ0n) is 13.0. The number of carbonyl (C=O) groups excluding carboxylic acids is 2. The predicted octanol–water partition coefficient (Wildman–Crippen LogP) is 4.72. The maximum absolute atomic E-state index is 13.1. The van der Waals surface area contributed by atoms with Gasteiger partial charge in [0.05, 0.1) is 5.69 Å². The summed E-state index contributed by atoms with van der Waals surface area (Å²) in [4.78, 5) is 26.0. The molecule has 2 aromatic carbocycles. The van der Waals surface area contributed by atoms with E-state index in [0.717, 1.165) is 18.5 Å². The highest BCUT2D eigenvalue weighted by Gasteiger charge is 2.51. The molecule has 23 heavy (non-hydrogen) atoms. The quantitative estimate of drug-likeness (QED) is 0.602. The zero-order chi connectivity index (χ0) is 16.4. The number of ketones is 1. The van der Waals surface area contributed by atoms with Crippen molar-refractivity contribution in [3.05, 3.63) is 60.2 Å². The topological polar surface area (TPSA) is 37.4 Å². The van der Waals surface area contributed by atoms with Crippen molar-refractivity contribution in [2.75, 3.05) is 4.90 Å². The summed E-state index contributed by atoms with van der Waals surface area (Å²) in [6.07, 6.45) is 1.95. The van der Waals surface area contributed by atoms with Crippen LogP contribution in [-0.4, -0.2) is 16.6 Å². The molecule has 3 rings (SSSR count). The third-order valence-electron chi connectivity index (χ3n) is 4.18. The Morgan fingerprint density at radius 1 is 1.00 bits per heavy atom. The van der Waals surface area contributed by atoms with Gasteiger partial charge in [0, 0.05) is 11.3 Å². The SMILES string of the molecule is CCCC[C@]1(Cl)C(=O)c2ccccc2N(c2ccccc2)C1=O. The van der Waals surface area contributed by atoms with E-state index >= 15 is 0 Å². The van der Waals surface area contributed by atoms with Crippen molar-refractivity contribution in [2.24, 2.45) is 0 Å². The van der Waals surface area contributed by atoms with E-state index in [2.05, 4.69) is 0 Å². The fourth-order valence-electron chi connectivity index (χ4n) is 2.93. The zero-order valence-corrected chi connectivity index (χ0v) is 13.7. The minimum atomic E-state index is -1.51. The van der Waals surface area contributed by atoms with E-state index in [1.165, 1.54) is 0 Å². The average molecular weight is 328 g/mol. The molecule has 0 spiro atoms. The molecule has 1 aliphatic rings. The van der Waals surface area contributed by atoms with Crippen LogP contribution in [0.25, 0.3) is 0 Å². The molecule has 0 fully saturated rings. The predicted molar refractivity (Wildman–Crippen MR) is 92.5 cm³/mol. The smallest absolute Gasteiger partial charge is 0.260 e. The maximum Gasteiger partial charge on any atom is 0.260 e. The second-order valence-electron chi connectivity index (χ2n) is 5.73. The van der Waals surface area contributed by atoms with E-state index < -0.39 is 4.87 Å². The molecular formula is C19H18ClNO2. The number of unbranched alkanes of at least 4 members (excludes halogenated alkanes) is 1. The highest BCUT2D eigenvalue weighted by atomic mass is 35.5. The Bertz CT molecular complexity index is 744. The first kappa shape index (κ1) is 15.8. The van der Waals surface area contributed by atoms with Crippen molar-refractivity contribution in [1.82, 2.24) is 0 Å². The van der Waals surface area contributed by atoms with Gasteiger partial charge >= 0.3 is 0 Å². The van der Waals surface area contributed by atoms with Crippen molar-refractivity contribution in [1.29, 1.82) is 0 Å². The highest BCUT2D eigenvalue weighted by molar-refractivity contribution is 6.53. The van der Waals surface area contributed by atoms with Gasteiger partial charge in [0.1, 0.15) is 0 Å². The Morgan fingerprint density at radius 3 is 2.35 bits per heavy atom. The largest absolute Gasteiger partial charge is 0.291 e. The minimum absolute atomic E-state index is 0.291. The normalized spacial score (nSPS) is 20.5. The Labute approximate surface area is 140 Å². The molecule has 2 aromatic rings. The monoisotopic (exact) mass is 327 g/mol.